The van der Waals surface area contributed by atoms with E-state index in [4.69, 9.17) is 24.4 Å². The normalized spacial score (nSPS) is 17.7. The second kappa shape index (κ2) is 5.58. The van der Waals surface area contributed by atoms with E-state index in [1.165, 1.54) is 0 Å². The molecule has 0 aliphatic carbocycles. The summed E-state index contributed by atoms with van der Waals surface area (Å²) in [7, 11) is 0. The predicted octanol–water partition coefficient (Wildman–Crippen LogP) is 1.08. The summed E-state index contributed by atoms with van der Waals surface area (Å²) in [5.74, 6) is 0.247. The number of benzene rings is 1. The second-order valence-electron chi connectivity index (χ2n) is 5.47. The molecule has 1 aromatic carbocycles. The lowest BCUT2D eigenvalue weighted by atomic mass is 9.87. The van der Waals surface area contributed by atoms with E-state index in [9.17, 15) is 15.2 Å². The minimum absolute atomic E-state index is 0.0656. The first-order valence-electron chi connectivity index (χ1n) is 7.37. The summed E-state index contributed by atoms with van der Waals surface area (Å²) < 4.78 is 21.6. The van der Waals surface area contributed by atoms with E-state index >= 15 is 0 Å². The van der Waals surface area contributed by atoms with Gasteiger partial charge in [0.2, 0.25) is 23.9 Å². The Morgan fingerprint density at radius 3 is 2.84 bits per heavy atom. The number of allylic oxidation sites excluding steroid dienone is 1. The first-order chi connectivity index (χ1) is 12.1. The van der Waals surface area contributed by atoms with Crippen LogP contribution in [-0.4, -0.2) is 11.9 Å². The molecule has 25 heavy (non-hydrogen) atoms. The van der Waals surface area contributed by atoms with Gasteiger partial charge in [-0.2, -0.15) is 5.26 Å². The van der Waals surface area contributed by atoms with Crippen molar-refractivity contribution < 1.29 is 23.7 Å². The number of rotatable bonds is 2. The molecule has 3 heterocycles. The monoisotopic (exact) mass is 340 g/mol. The molecular formula is C17H12N2O6. The summed E-state index contributed by atoms with van der Waals surface area (Å²) in [6.45, 7) is -0.354. The number of nitrogens with zero attached hydrogens (tertiary/aromatic N) is 1. The van der Waals surface area contributed by atoms with Gasteiger partial charge in [0.1, 0.15) is 24.0 Å². The van der Waals surface area contributed by atoms with Gasteiger partial charge in [-0.05, 0) is 17.7 Å². The number of nitrogens with two attached hydrogens (primary N) is 1. The van der Waals surface area contributed by atoms with Crippen molar-refractivity contribution >= 4 is 0 Å². The van der Waals surface area contributed by atoms with E-state index in [1.807, 2.05) is 6.07 Å². The Labute approximate surface area is 141 Å². The maximum Gasteiger partial charge on any atom is 0.231 e. The SMILES string of the molecule is N#CC1=C(N)Oc2c(oc(CO)cc2=O)[C@@H]1c1ccc2c(c1)OCO2. The zero-order valence-electron chi connectivity index (χ0n) is 12.8. The number of hydrogen-bond donors (Lipinski definition) is 2. The Morgan fingerprint density at radius 1 is 1.28 bits per heavy atom. The van der Waals surface area contributed by atoms with Crippen molar-refractivity contribution in [2.45, 2.75) is 12.5 Å². The molecule has 1 atom stereocenters. The van der Waals surface area contributed by atoms with Gasteiger partial charge in [-0.3, -0.25) is 4.79 Å². The Bertz CT molecular complexity index is 1000. The number of hydrogen-bond acceptors (Lipinski definition) is 8. The fourth-order valence-electron chi connectivity index (χ4n) is 2.89. The standard InChI is InChI=1S/C17H12N2O6/c18-5-10-14(8-1-2-12-13(3-8)23-7-22-12)16-15(25-17(10)19)11(21)4-9(6-20)24-16/h1-4,14,20H,6-7,19H2/t14-/m1/s1. The highest BCUT2D eigenvalue weighted by Gasteiger charge is 2.35. The van der Waals surface area contributed by atoms with Crippen molar-refractivity contribution in [2.24, 2.45) is 5.73 Å². The van der Waals surface area contributed by atoms with Crippen LogP contribution in [0, 0.1) is 11.3 Å². The lowest BCUT2D eigenvalue weighted by Gasteiger charge is -2.24. The molecule has 8 heteroatoms. The molecule has 1 aromatic heterocycles. The first kappa shape index (κ1) is 15.1. The van der Waals surface area contributed by atoms with Crippen LogP contribution in [0.4, 0.5) is 0 Å². The van der Waals surface area contributed by atoms with Gasteiger partial charge < -0.3 is 29.5 Å². The molecule has 0 bridgehead atoms. The lowest BCUT2D eigenvalue weighted by molar-refractivity contribution is 0.174. The molecule has 0 unspecified atom stereocenters. The fraction of sp³-hybridized carbons (Fsp3) is 0.176. The highest BCUT2D eigenvalue weighted by Crippen LogP contribution is 2.43. The van der Waals surface area contributed by atoms with Crippen molar-refractivity contribution in [1.29, 1.82) is 5.26 Å². The summed E-state index contributed by atoms with van der Waals surface area (Å²) in [5, 5.41) is 18.8. The molecule has 0 amide bonds. The van der Waals surface area contributed by atoms with E-state index in [1.54, 1.807) is 18.2 Å². The lowest BCUT2D eigenvalue weighted by Crippen LogP contribution is -2.25. The third-order valence-electron chi connectivity index (χ3n) is 4.02. The van der Waals surface area contributed by atoms with Crippen LogP contribution < -0.4 is 25.4 Å². The second-order valence-corrected chi connectivity index (χ2v) is 5.47. The summed E-state index contributed by atoms with van der Waals surface area (Å²) in [4.78, 5) is 12.2. The van der Waals surface area contributed by atoms with E-state index in [0.29, 0.717) is 17.1 Å². The quantitative estimate of drug-likeness (QED) is 0.831. The van der Waals surface area contributed by atoms with Gasteiger partial charge >= 0.3 is 0 Å². The van der Waals surface area contributed by atoms with Gasteiger partial charge in [-0.25, -0.2) is 0 Å². The van der Waals surface area contributed by atoms with Gasteiger partial charge in [-0.15, -0.1) is 0 Å². The maximum atomic E-state index is 12.2. The molecule has 2 aliphatic rings. The number of fused-ring (bicyclic) bond motifs is 2. The van der Waals surface area contributed by atoms with E-state index < -0.39 is 18.0 Å². The van der Waals surface area contributed by atoms with Crippen LogP contribution in [0.1, 0.15) is 23.0 Å². The van der Waals surface area contributed by atoms with Gasteiger partial charge in [0.15, 0.2) is 17.3 Å². The van der Waals surface area contributed by atoms with Gasteiger partial charge in [-0.1, -0.05) is 6.07 Å². The molecule has 2 aliphatic heterocycles. The molecule has 4 rings (SSSR count). The predicted molar refractivity (Wildman–Crippen MR) is 82.8 cm³/mol. The van der Waals surface area contributed by atoms with Crippen molar-refractivity contribution in [3.8, 4) is 23.3 Å². The van der Waals surface area contributed by atoms with Crippen LogP contribution in [0.15, 0.2) is 44.9 Å². The number of ether oxygens (including phenoxy) is 3. The van der Waals surface area contributed by atoms with E-state index in [0.717, 1.165) is 6.07 Å². The zero-order valence-corrected chi connectivity index (χ0v) is 12.8. The number of nitriles is 1. The summed E-state index contributed by atoms with van der Waals surface area (Å²) in [5.41, 5.74) is 6.06. The molecule has 0 saturated heterocycles. The highest BCUT2D eigenvalue weighted by molar-refractivity contribution is 5.55. The smallest absolute Gasteiger partial charge is 0.231 e. The average Bonchev–Trinajstić information content (AvgIpc) is 3.08. The summed E-state index contributed by atoms with van der Waals surface area (Å²) in [6, 6.07) is 8.24. The number of aliphatic hydroxyl groups is 1. The third kappa shape index (κ3) is 2.29. The van der Waals surface area contributed by atoms with E-state index in [-0.39, 0.29) is 35.5 Å². The minimum atomic E-state index is -0.762. The van der Waals surface area contributed by atoms with Crippen molar-refractivity contribution in [3.63, 3.8) is 0 Å². The van der Waals surface area contributed by atoms with Crippen LogP contribution in [0.3, 0.4) is 0 Å². The van der Waals surface area contributed by atoms with Crippen LogP contribution in [0.5, 0.6) is 17.2 Å². The molecule has 126 valence electrons. The van der Waals surface area contributed by atoms with Gasteiger partial charge in [0.05, 0.1) is 5.92 Å². The van der Waals surface area contributed by atoms with Gasteiger partial charge in [0.25, 0.3) is 0 Å². The third-order valence-corrected chi connectivity index (χ3v) is 4.02. The molecule has 0 radical (unpaired) electrons. The molecule has 3 N–H and O–H groups in total. The molecule has 2 aromatic rings. The van der Waals surface area contributed by atoms with E-state index in [2.05, 4.69) is 0 Å². The first-order valence-corrected chi connectivity index (χ1v) is 7.37. The summed E-state index contributed by atoms with van der Waals surface area (Å²) in [6.07, 6.45) is 0. The Balaban J connectivity index is 1.95. The highest BCUT2D eigenvalue weighted by atomic mass is 16.7. The van der Waals surface area contributed by atoms with Crippen molar-refractivity contribution in [2.75, 3.05) is 6.79 Å². The Hall–Kier alpha value is -3.44. The van der Waals surface area contributed by atoms with Crippen LogP contribution in [0.25, 0.3) is 0 Å². The summed E-state index contributed by atoms with van der Waals surface area (Å²) >= 11 is 0. The van der Waals surface area contributed by atoms with Crippen LogP contribution in [0.2, 0.25) is 0 Å². The van der Waals surface area contributed by atoms with Gasteiger partial charge in [0, 0.05) is 6.07 Å². The number of aliphatic hydroxyl groups excluding tert-OH is 1. The zero-order chi connectivity index (χ0) is 17.6. The maximum absolute atomic E-state index is 12.2. The molecule has 0 saturated carbocycles. The molecule has 8 nitrogen and oxygen atoms in total. The molecule has 0 fully saturated rings. The Morgan fingerprint density at radius 2 is 2.08 bits per heavy atom. The topological polar surface area (TPSA) is 128 Å². The Kier molecular flexibility index (Phi) is 3.37. The average molecular weight is 340 g/mol. The molecule has 0 spiro atoms. The largest absolute Gasteiger partial charge is 0.458 e. The van der Waals surface area contributed by atoms with Crippen LogP contribution >= 0.6 is 0 Å². The van der Waals surface area contributed by atoms with Crippen LogP contribution in [-0.2, 0) is 6.61 Å². The van der Waals surface area contributed by atoms with Crippen molar-refractivity contribution in [3.05, 3.63) is 63.0 Å². The fourth-order valence-corrected chi connectivity index (χ4v) is 2.89. The molecular weight excluding hydrogens is 328 g/mol. The minimum Gasteiger partial charge on any atom is -0.458 e. The van der Waals surface area contributed by atoms with Crippen molar-refractivity contribution in [1.82, 2.24) is 0 Å².